The van der Waals surface area contributed by atoms with Crippen LogP contribution in [0.5, 0.6) is 5.75 Å². The first-order chi connectivity index (χ1) is 12.2. The molecule has 5 nitrogen and oxygen atoms in total. The Bertz CT molecular complexity index is 794. The quantitative estimate of drug-likeness (QED) is 0.721. The van der Waals surface area contributed by atoms with Crippen LogP contribution in [0.15, 0.2) is 67.3 Å². The van der Waals surface area contributed by atoms with Gasteiger partial charge in [0, 0.05) is 31.0 Å². The molecule has 0 unspecified atom stereocenters. The molecule has 0 saturated carbocycles. The second-order valence-corrected chi connectivity index (χ2v) is 5.69. The molecule has 5 heteroatoms. The number of carbonyl (C=O) groups is 1. The van der Waals surface area contributed by atoms with Crippen LogP contribution in [0.2, 0.25) is 0 Å². The van der Waals surface area contributed by atoms with Crippen LogP contribution >= 0.6 is 0 Å². The van der Waals surface area contributed by atoms with Crippen LogP contribution < -0.4 is 10.1 Å². The summed E-state index contributed by atoms with van der Waals surface area (Å²) in [5, 5.41) is 2.94. The minimum Gasteiger partial charge on any atom is -0.494 e. The molecule has 3 aromatic rings. The monoisotopic (exact) mass is 335 g/mol. The molecule has 0 aliphatic rings. The topological polar surface area (TPSA) is 56.1 Å². The maximum atomic E-state index is 12.3. The summed E-state index contributed by atoms with van der Waals surface area (Å²) < 4.78 is 7.40. The third kappa shape index (κ3) is 4.70. The van der Waals surface area contributed by atoms with E-state index in [4.69, 9.17) is 4.74 Å². The molecule has 25 heavy (non-hydrogen) atoms. The number of rotatable bonds is 7. The summed E-state index contributed by atoms with van der Waals surface area (Å²) in [7, 11) is 0. The molecule has 0 aliphatic heterocycles. The highest BCUT2D eigenvalue weighted by Gasteiger charge is 2.05. The highest BCUT2D eigenvalue weighted by molar-refractivity contribution is 5.94. The van der Waals surface area contributed by atoms with Gasteiger partial charge in [-0.25, -0.2) is 4.98 Å². The minimum atomic E-state index is -0.0805. The number of hydrogen-bond donors (Lipinski definition) is 1. The van der Waals surface area contributed by atoms with E-state index >= 15 is 0 Å². The molecule has 0 aliphatic carbocycles. The van der Waals surface area contributed by atoms with Crippen LogP contribution in [-0.4, -0.2) is 22.1 Å². The van der Waals surface area contributed by atoms with Crippen LogP contribution in [0.3, 0.4) is 0 Å². The molecule has 0 fully saturated rings. The molecule has 0 atom stereocenters. The van der Waals surface area contributed by atoms with Gasteiger partial charge in [-0.1, -0.05) is 24.3 Å². The van der Waals surface area contributed by atoms with E-state index in [1.54, 1.807) is 12.5 Å². The Morgan fingerprint density at radius 1 is 1.08 bits per heavy atom. The SMILES string of the molecule is CCOc1ccc(CNC(=O)c2ccc(Cn3ccnc3)cc2)cc1. The van der Waals surface area contributed by atoms with Crippen LogP contribution in [-0.2, 0) is 13.1 Å². The lowest BCUT2D eigenvalue weighted by molar-refractivity contribution is 0.0951. The van der Waals surface area contributed by atoms with E-state index in [-0.39, 0.29) is 5.91 Å². The van der Waals surface area contributed by atoms with Crippen LogP contribution in [0.1, 0.15) is 28.4 Å². The third-order valence-electron chi connectivity index (χ3n) is 3.83. The fourth-order valence-electron chi connectivity index (χ4n) is 2.51. The van der Waals surface area contributed by atoms with Gasteiger partial charge < -0.3 is 14.6 Å². The van der Waals surface area contributed by atoms with Crippen LogP contribution in [0.4, 0.5) is 0 Å². The molecule has 3 rings (SSSR count). The molecular formula is C20H21N3O2. The van der Waals surface area contributed by atoms with Crippen molar-refractivity contribution in [1.82, 2.24) is 14.9 Å². The Balaban J connectivity index is 1.54. The fraction of sp³-hybridized carbons (Fsp3) is 0.200. The second-order valence-electron chi connectivity index (χ2n) is 5.69. The first-order valence-electron chi connectivity index (χ1n) is 8.29. The van der Waals surface area contributed by atoms with E-state index in [9.17, 15) is 4.79 Å². The molecule has 0 bridgehead atoms. The number of nitrogens with one attached hydrogen (secondary N) is 1. The van der Waals surface area contributed by atoms with Crippen molar-refractivity contribution in [3.63, 3.8) is 0 Å². The highest BCUT2D eigenvalue weighted by atomic mass is 16.5. The Hall–Kier alpha value is -3.08. The minimum absolute atomic E-state index is 0.0805. The van der Waals surface area contributed by atoms with Crippen molar-refractivity contribution in [2.75, 3.05) is 6.61 Å². The molecule has 0 radical (unpaired) electrons. The van der Waals surface area contributed by atoms with Gasteiger partial charge in [-0.2, -0.15) is 0 Å². The van der Waals surface area contributed by atoms with Gasteiger partial charge >= 0.3 is 0 Å². The number of benzene rings is 2. The zero-order valence-corrected chi connectivity index (χ0v) is 14.2. The predicted octanol–water partition coefficient (Wildman–Crippen LogP) is 3.26. The van der Waals surface area contributed by atoms with Gasteiger partial charge in [0.15, 0.2) is 0 Å². The predicted molar refractivity (Wildman–Crippen MR) is 96.6 cm³/mol. The van der Waals surface area contributed by atoms with Crippen molar-refractivity contribution in [3.05, 3.63) is 83.9 Å². The molecule has 1 aromatic heterocycles. The largest absolute Gasteiger partial charge is 0.494 e. The van der Waals surface area contributed by atoms with Crippen molar-refractivity contribution in [2.45, 2.75) is 20.0 Å². The summed E-state index contributed by atoms with van der Waals surface area (Å²) >= 11 is 0. The molecule has 0 spiro atoms. The van der Waals surface area contributed by atoms with E-state index in [2.05, 4.69) is 10.3 Å². The number of aromatic nitrogens is 2. The van der Waals surface area contributed by atoms with Crippen LogP contribution in [0, 0.1) is 0 Å². The number of carbonyl (C=O) groups excluding carboxylic acids is 1. The van der Waals surface area contributed by atoms with Gasteiger partial charge in [0.2, 0.25) is 0 Å². The molecular weight excluding hydrogens is 314 g/mol. The number of nitrogens with zero attached hydrogens (tertiary/aromatic N) is 2. The van der Waals surface area contributed by atoms with E-state index in [1.165, 1.54) is 0 Å². The summed E-state index contributed by atoms with van der Waals surface area (Å²) in [4.78, 5) is 16.3. The Morgan fingerprint density at radius 3 is 2.44 bits per heavy atom. The third-order valence-corrected chi connectivity index (χ3v) is 3.83. The average Bonchev–Trinajstić information content (AvgIpc) is 3.15. The summed E-state index contributed by atoms with van der Waals surface area (Å²) in [5.74, 6) is 0.758. The summed E-state index contributed by atoms with van der Waals surface area (Å²) in [6.45, 7) is 3.83. The standard InChI is InChI=1S/C20H21N3O2/c1-2-25-19-9-5-16(6-10-19)13-22-20(24)18-7-3-17(4-8-18)14-23-12-11-21-15-23/h3-12,15H,2,13-14H2,1H3,(H,22,24). The van der Waals surface area contributed by atoms with Gasteiger partial charge in [-0.15, -0.1) is 0 Å². The van der Waals surface area contributed by atoms with Crippen molar-refractivity contribution < 1.29 is 9.53 Å². The molecule has 128 valence electrons. The van der Waals surface area contributed by atoms with Gasteiger partial charge in [0.05, 0.1) is 12.9 Å². The maximum Gasteiger partial charge on any atom is 0.251 e. The lowest BCUT2D eigenvalue weighted by Crippen LogP contribution is -2.22. The first kappa shape index (κ1) is 16.8. The molecule has 1 amide bonds. The molecule has 1 heterocycles. The average molecular weight is 335 g/mol. The normalized spacial score (nSPS) is 10.4. The Morgan fingerprint density at radius 2 is 1.80 bits per heavy atom. The zero-order chi connectivity index (χ0) is 17.5. The van der Waals surface area contributed by atoms with Crippen molar-refractivity contribution in [1.29, 1.82) is 0 Å². The van der Waals surface area contributed by atoms with Crippen molar-refractivity contribution in [2.24, 2.45) is 0 Å². The Kier molecular flexibility index (Phi) is 5.46. The number of hydrogen-bond acceptors (Lipinski definition) is 3. The molecule has 0 saturated heterocycles. The van der Waals surface area contributed by atoms with E-state index in [0.29, 0.717) is 18.7 Å². The molecule has 2 aromatic carbocycles. The fourth-order valence-corrected chi connectivity index (χ4v) is 2.51. The number of amides is 1. The second kappa shape index (κ2) is 8.15. The number of ether oxygens (including phenoxy) is 1. The van der Waals surface area contributed by atoms with Gasteiger partial charge in [0.25, 0.3) is 5.91 Å². The number of imidazole rings is 1. The zero-order valence-electron chi connectivity index (χ0n) is 14.2. The van der Waals surface area contributed by atoms with E-state index < -0.39 is 0 Å². The highest BCUT2D eigenvalue weighted by Crippen LogP contribution is 2.12. The summed E-state index contributed by atoms with van der Waals surface area (Å²) in [6, 6.07) is 15.4. The smallest absolute Gasteiger partial charge is 0.251 e. The summed E-state index contributed by atoms with van der Waals surface area (Å²) in [6.07, 6.45) is 5.44. The Labute approximate surface area is 147 Å². The van der Waals surface area contributed by atoms with E-state index in [1.807, 2.05) is 66.2 Å². The van der Waals surface area contributed by atoms with Crippen molar-refractivity contribution >= 4 is 5.91 Å². The van der Waals surface area contributed by atoms with Gasteiger partial charge in [-0.05, 0) is 42.3 Å². The van der Waals surface area contributed by atoms with E-state index in [0.717, 1.165) is 23.4 Å². The molecule has 1 N–H and O–H groups in total. The first-order valence-corrected chi connectivity index (χ1v) is 8.29. The summed E-state index contributed by atoms with van der Waals surface area (Å²) in [5.41, 5.74) is 2.81. The van der Waals surface area contributed by atoms with Gasteiger partial charge in [-0.3, -0.25) is 4.79 Å². The maximum absolute atomic E-state index is 12.3. The van der Waals surface area contributed by atoms with Crippen LogP contribution in [0.25, 0.3) is 0 Å². The lowest BCUT2D eigenvalue weighted by atomic mass is 10.1. The van der Waals surface area contributed by atoms with Gasteiger partial charge in [0.1, 0.15) is 5.75 Å². The van der Waals surface area contributed by atoms with Crippen molar-refractivity contribution in [3.8, 4) is 5.75 Å². The lowest BCUT2D eigenvalue weighted by Gasteiger charge is -2.08.